The Kier molecular flexibility index (Phi) is 4.80. The minimum Gasteiger partial charge on any atom is -0.231 e. The zero-order valence-electron chi connectivity index (χ0n) is 12.1. The Bertz CT molecular complexity index is 880. The molecule has 0 saturated heterocycles. The van der Waals surface area contributed by atoms with Crippen LogP contribution >= 0.6 is 34.7 Å². The lowest BCUT2D eigenvalue weighted by Crippen LogP contribution is -2.04. The van der Waals surface area contributed by atoms with Crippen molar-refractivity contribution >= 4 is 34.7 Å². The molecule has 2 heterocycles. The van der Waals surface area contributed by atoms with Gasteiger partial charge in [-0.1, -0.05) is 35.5 Å². The van der Waals surface area contributed by atoms with Crippen molar-refractivity contribution in [2.24, 2.45) is 0 Å². The molecular weight excluding hydrogens is 379 g/mol. The van der Waals surface area contributed by atoms with Crippen LogP contribution in [0.4, 0.5) is 13.2 Å². The number of rotatable bonds is 3. The molecule has 0 spiro atoms. The van der Waals surface area contributed by atoms with Gasteiger partial charge in [0, 0.05) is 11.8 Å². The number of aromatic nitrogens is 3. The van der Waals surface area contributed by atoms with Gasteiger partial charge >= 0.3 is 6.18 Å². The highest BCUT2D eigenvalue weighted by Gasteiger charge is 2.31. The summed E-state index contributed by atoms with van der Waals surface area (Å²) in [5.41, 5.74) is 0.558. The van der Waals surface area contributed by atoms with E-state index in [1.54, 1.807) is 18.3 Å². The van der Waals surface area contributed by atoms with E-state index in [-0.39, 0.29) is 4.47 Å². The smallest absolute Gasteiger partial charge is 0.231 e. The summed E-state index contributed by atoms with van der Waals surface area (Å²) in [4.78, 5) is 13.3. The van der Waals surface area contributed by atoms with Crippen molar-refractivity contribution in [1.82, 2.24) is 15.0 Å². The van der Waals surface area contributed by atoms with Crippen molar-refractivity contribution in [2.45, 2.75) is 11.3 Å². The Labute approximate surface area is 148 Å². The molecule has 0 fully saturated rings. The number of benzene rings is 1. The summed E-state index contributed by atoms with van der Waals surface area (Å²) in [5.74, 6) is 0. The van der Waals surface area contributed by atoms with Gasteiger partial charge in [0.1, 0.15) is 0 Å². The molecule has 0 bridgehead atoms. The van der Waals surface area contributed by atoms with Gasteiger partial charge in [-0.05, 0) is 24.5 Å². The van der Waals surface area contributed by atoms with Gasteiger partial charge in [-0.2, -0.15) is 13.2 Å². The third-order valence-electron chi connectivity index (χ3n) is 3.11. The molecule has 0 amide bonds. The van der Waals surface area contributed by atoms with Crippen LogP contribution in [0.5, 0.6) is 0 Å². The lowest BCUT2D eigenvalue weighted by Gasteiger charge is -2.08. The van der Waals surface area contributed by atoms with Crippen molar-refractivity contribution in [1.29, 1.82) is 0 Å². The number of thiazole rings is 1. The first-order valence-corrected chi connectivity index (χ1v) is 9.02. The van der Waals surface area contributed by atoms with Crippen LogP contribution in [0.2, 0.25) is 4.47 Å². The molecule has 2 aromatic heterocycles. The molecule has 0 atom stereocenters. The van der Waals surface area contributed by atoms with Gasteiger partial charge in [0.15, 0.2) is 9.62 Å². The first kappa shape index (κ1) is 17.2. The molecule has 3 rings (SSSR count). The maximum absolute atomic E-state index is 12.9. The molecule has 0 aliphatic heterocycles. The van der Waals surface area contributed by atoms with E-state index in [1.807, 2.05) is 6.26 Å². The van der Waals surface area contributed by atoms with E-state index in [1.165, 1.54) is 29.2 Å². The third-order valence-corrected chi connectivity index (χ3v) is 4.86. The Morgan fingerprint density at radius 3 is 2.67 bits per heavy atom. The molecule has 1 aromatic carbocycles. The quantitative estimate of drug-likeness (QED) is 0.429. The van der Waals surface area contributed by atoms with Crippen LogP contribution in [0, 0.1) is 0 Å². The predicted octanol–water partition coefficient (Wildman–Crippen LogP) is 5.66. The Hall–Kier alpha value is -1.64. The fraction of sp³-hybridized carbons (Fsp3) is 0.133. The van der Waals surface area contributed by atoms with Gasteiger partial charge in [0.05, 0.1) is 21.8 Å². The summed E-state index contributed by atoms with van der Waals surface area (Å²) in [5, 5.41) is 0.562. The van der Waals surface area contributed by atoms with E-state index < -0.39 is 11.7 Å². The standard InChI is InChI=1S/C15H9ClF3N3S2/c1-23-14-20-6-5-10(21-14)12-11(22-13(16)24-12)8-3-2-4-9(7-8)15(17,18)19/h2-7H,1H3. The van der Waals surface area contributed by atoms with Crippen LogP contribution in [-0.2, 0) is 6.18 Å². The van der Waals surface area contributed by atoms with Crippen molar-refractivity contribution in [3.63, 3.8) is 0 Å². The van der Waals surface area contributed by atoms with E-state index in [0.29, 0.717) is 27.0 Å². The molecule has 0 N–H and O–H groups in total. The average Bonchev–Trinajstić information content (AvgIpc) is 2.96. The van der Waals surface area contributed by atoms with Crippen molar-refractivity contribution < 1.29 is 13.2 Å². The Morgan fingerprint density at radius 2 is 1.96 bits per heavy atom. The molecule has 0 aliphatic rings. The second-order valence-corrected chi connectivity index (χ2v) is 7.01. The zero-order valence-corrected chi connectivity index (χ0v) is 14.5. The maximum Gasteiger partial charge on any atom is 0.416 e. The Morgan fingerprint density at radius 1 is 1.17 bits per heavy atom. The fourth-order valence-corrected chi connectivity index (χ4v) is 3.53. The topological polar surface area (TPSA) is 38.7 Å². The van der Waals surface area contributed by atoms with Gasteiger partial charge < -0.3 is 0 Å². The number of thioether (sulfide) groups is 1. The van der Waals surface area contributed by atoms with Crippen LogP contribution in [0.15, 0.2) is 41.7 Å². The molecule has 124 valence electrons. The highest BCUT2D eigenvalue weighted by atomic mass is 35.5. The molecule has 24 heavy (non-hydrogen) atoms. The van der Waals surface area contributed by atoms with E-state index >= 15 is 0 Å². The van der Waals surface area contributed by atoms with Gasteiger partial charge in [-0.15, -0.1) is 11.3 Å². The van der Waals surface area contributed by atoms with Crippen LogP contribution in [-0.4, -0.2) is 21.2 Å². The number of alkyl halides is 3. The molecule has 3 nitrogen and oxygen atoms in total. The van der Waals surface area contributed by atoms with Crippen molar-refractivity contribution in [3.8, 4) is 21.8 Å². The minimum atomic E-state index is -4.42. The SMILES string of the molecule is CSc1nccc(-c2sc(Cl)nc2-c2cccc(C(F)(F)F)c2)n1. The summed E-state index contributed by atoms with van der Waals surface area (Å²) in [6, 6.07) is 6.68. The molecular formula is C15H9ClF3N3S2. The monoisotopic (exact) mass is 387 g/mol. The van der Waals surface area contributed by atoms with Crippen LogP contribution < -0.4 is 0 Å². The van der Waals surface area contributed by atoms with E-state index in [0.717, 1.165) is 12.1 Å². The van der Waals surface area contributed by atoms with Gasteiger partial charge in [0.25, 0.3) is 0 Å². The molecule has 9 heteroatoms. The molecule has 3 aromatic rings. The van der Waals surface area contributed by atoms with Gasteiger partial charge in [0.2, 0.25) is 0 Å². The number of hydrogen-bond acceptors (Lipinski definition) is 5. The highest BCUT2D eigenvalue weighted by molar-refractivity contribution is 7.98. The number of halogens is 4. The van der Waals surface area contributed by atoms with Crippen molar-refractivity contribution in [2.75, 3.05) is 6.26 Å². The summed E-state index contributed by atoms with van der Waals surface area (Å²) in [6.45, 7) is 0. The summed E-state index contributed by atoms with van der Waals surface area (Å²) in [7, 11) is 0. The summed E-state index contributed by atoms with van der Waals surface area (Å²) < 4.78 is 39.1. The summed E-state index contributed by atoms with van der Waals surface area (Å²) >= 11 is 8.55. The van der Waals surface area contributed by atoms with Gasteiger partial charge in [-0.3, -0.25) is 0 Å². The zero-order chi connectivity index (χ0) is 17.3. The second kappa shape index (κ2) is 6.70. The largest absolute Gasteiger partial charge is 0.416 e. The first-order valence-electron chi connectivity index (χ1n) is 6.60. The van der Waals surface area contributed by atoms with E-state index in [2.05, 4.69) is 15.0 Å². The average molecular weight is 388 g/mol. The second-order valence-electron chi connectivity index (χ2n) is 4.65. The van der Waals surface area contributed by atoms with E-state index in [9.17, 15) is 13.2 Å². The van der Waals surface area contributed by atoms with Crippen LogP contribution in [0.3, 0.4) is 0 Å². The lowest BCUT2D eigenvalue weighted by atomic mass is 10.1. The number of hydrogen-bond donors (Lipinski definition) is 0. The molecule has 0 radical (unpaired) electrons. The highest BCUT2D eigenvalue weighted by Crippen LogP contribution is 2.39. The molecule has 0 unspecified atom stereocenters. The van der Waals surface area contributed by atoms with Crippen molar-refractivity contribution in [3.05, 3.63) is 46.6 Å². The van der Waals surface area contributed by atoms with E-state index in [4.69, 9.17) is 11.6 Å². The van der Waals surface area contributed by atoms with Gasteiger partial charge in [-0.25, -0.2) is 15.0 Å². The van der Waals surface area contributed by atoms with Crippen LogP contribution in [0.25, 0.3) is 21.8 Å². The molecule has 0 saturated carbocycles. The number of nitrogens with zero attached hydrogens (tertiary/aromatic N) is 3. The minimum absolute atomic E-state index is 0.238. The van der Waals surface area contributed by atoms with Crippen LogP contribution in [0.1, 0.15) is 5.56 Å². The third kappa shape index (κ3) is 3.55. The molecule has 0 aliphatic carbocycles. The fourth-order valence-electron chi connectivity index (χ4n) is 2.07. The lowest BCUT2D eigenvalue weighted by molar-refractivity contribution is -0.137. The summed E-state index contributed by atoms with van der Waals surface area (Å²) in [6.07, 6.45) is -0.985. The Balaban J connectivity index is 2.13. The maximum atomic E-state index is 12.9. The predicted molar refractivity (Wildman–Crippen MR) is 90.4 cm³/mol. The normalized spacial score (nSPS) is 11.7. The first-order chi connectivity index (χ1) is 11.4.